The Bertz CT molecular complexity index is 739. The molecule has 2 aliphatic heterocycles. The topological polar surface area (TPSA) is 85.8 Å². The first-order chi connectivity index (χ1) is 11.0. The first kappa shape index (κ1) is 15.4. The number of nitrogens with one attached hydrogen (secondary N) is 3. The highest BCUT2D eigenvalue weighted by Crippen LogP contribution is 2.23. The number of hydrogen-bond acceptors (Lipinski definition) is 5. The molecular weight excluding hydrogens is 318 g/mol. The lowest BCUT2D eigenvalue weighted by atomic mass is 10.1. The number of rotatable bonds is 2. The molecule has 23 heavy (non-hydrogen) atoms. The van der Waals surface area contributed by atoms with Crippen molar-refractivity contribution >= 4 is 35.1 Å². The van der Waals surface area contributed by atoms with Crippen LogP contribution in [-0.4, -0.2) is 28.8 Å². The summed E-state index contributed by atoms with van der Waals surface area (Å²) in [6, 6.07) is 6.23. The van der Waals surface area contributed by atoms with E-state index in [0.29, 0.717) is 22.5 Å². The third-order valence-electron chi connectivity index (χ3n) is 3.52. The number of aliphatic imine (C=N–C) groups is 1. The minimum atomic E-state index is -0.712. The zero-order chi connectivity index (χ0) is 16.6. The number of anilines is 1. The Morgan fingerprint density at radius 3 is 2.83 bits per heavy atom. The predicted octanol–water partition coefficient (Wildman–Crippen LogP) is 1.59. The quantitative estimate of drug-likeness (QED) is 0.767. The molecule has 0 spiro atoms. The van der Waals surface area contributed by atoms with E-state index in [2.05, 4.69) is 21.1 Å². The van der Waals surface area contributed by atoms with E-state index in [1.807, 2.05) is 13.8 Å². The monoisotopic (exact) mass is 333 g/mol. The second-order valence-corrected chi connectivity index (χ2v) is 5.91. The summed E-state index contributed by atoms with van der Waals surface area (Å²) in [5.74, 6) is 0.369. The number of halogens is 1. The molecule has 1 aromatic rings. The van der Waals surface area contributed by atoms with Crippen LogP contribution in [0.15, 0.2) is 40.7 Å². The van der Waals surface area contributed by atoms with Crippen LogP contribution in [-0.2, 0) is 9.59 Å². The Balaban J connectivity index is 1.83. The Labute approximate surface area is 138 Å². The van der Waals surface area contributed by atoms with Gasteiger partial charge in [0.15, 0.2) is 0 Å². The van der Waals surface area contributed by atoms with Gasteiger partial charge in [-0.15, -0.1) is 0 Å². The van der Waals surface area contributed by atoms with Gasteiger partial charge in [-0.05, 0) is 31.6 Å². The Morgan fingerprint density at radius 1 is 1.39 bits per heavy atom. The van der Waals surface area contributed by atoms with Gasteiger partial charge in [0.1, 0.15) is 11.9 Å². The molecule has 7 nitrogen and oxygen atoms in total. The van der Waals surface area contributed by atoms with Gasteiger partial charge in [0.25, 0.3) is 0 Å². The number of amides is 2. The number of para-hydroxylation sites is 1. The first-order valence-corrected chi connectivity index (χ1v) is 7.51. The summed E-state index contributed by atoms with van der Waals surface area (Å²) in [5, 5.41) is 7.42. The number of carbonyl (C=O) groups excluding carboxylic acids is 2. The molecule has 2 amide bonds. The van der Waals surface area contributed by atoms with Crippen LogP contribution in [0.25, 0.3) is 0 Å². The summed E-state index contributed by atoms with van der Waals surface area (Å²) in [7, 11) is 0. The van der Waals surface area contributed by atoms with Gasteiger partial charge in [-0.1, -0.05) is 23.7 Å². The maximum absolute atomic E-state index is 12.6. The van der Waals surface area contributed by atoms with Gasteiger partial charge in [0.05, 0.1) is 17.1 Å². The molecule has 0 aliphatic carbocycles. The van der Waals surface area contributed by atoms with E-state index in [0.717, 1.165) is 5.57 Å². The molecule has 3 rings (SSSR count). The molecule has 2 aliphatic rings. The average molecular weight is 334 g/mol. The fraction of sp³-hybridized carbons (Fsp3) is 0.267. The van der Waals surface area contributed by atoms with Crippen LogP contribution < -0.4 is 16.1 Å². The molecule has 120 valence electrons. The number of benzene rings is 1. The largest absolute Gasteiger partial charge is 0.323 e. The zero-order valence-corrected chi connectivity index (χ0v) is 13.4. The summed E-state index contributed by atoms with van der Waals surface area (Å²) in [5.41, 5.74) is 4.50. The van der Waals surface area contributed by atoms with E-state index in [4.69, 9.17) is 11.6 Å². The van der Waals surface area contributed by atoms with Gasteiger partial charge in [-0.25, -0.2) is 5.01 Å². The van der Waals surface area contributed by atoms with Crippen molar-refractivity contribution in [3.05, 3.63) is 40.7 Å². The van der Waals surface area contributed by atoms with Crippen molar-refractivity contribution in [1.29, 1.82) is 0 Å². The standard InChI is InChI=1S/C15H16ClN5O2/c1-8(2)13-19-15-18-12(22)7-11(21(15)20-13)14(23)17-10-6-4-3-5-9(10)16/h3-6,11,20H,7H2,1-2H3,(H,17,23)(H,18,19,22)/t11-/m1/s1. The van der Waals surface area contributed by atoms with Gasteiger partial charge >= 0.3 is 0 Å². The van der Waals surface area contributed by atoms with Gasteiger partial charge in [-0.2, -0.15) is 4.99 Å². The molecule has 3 N–H and O–H groups in total. The van der Waals surface area contributed by atoms with Crippen molar-refractivity contribution in [3.8, 4) is 0 Å². The van der Waals surface area contributed by atoms with E-state index in [9.17, 15) is 9.59 Å². The third-order valence-corrected chi connectivity index (χ3v) is 3.85. The lowest BCUT2D eigenvalue weighted by molar-refractivity contribution is -0.129. The third kappa shape index (κ3) is 3.00. The van der Waals surface area contributed by atoms with Crippen LogP contribution in [0.5, 0.6) is 0 Å². The van der Waals surface area contributed by atoms with E-state index < -0.39 is 6.04 Å². The van der Waals surface area contributed by atoms with Gasteiger partial charge in [-0.3, -0.25) is 20.3 Å². The molecular formula is C15H16ClN5O2. The zero-order valence-electron chi connectivity index (χ0n) is 12.7. The summed E-state index contributed by atoms with van der Waals surface area (Å²) in [4.78, 5) is 28.7. The number of fused-ring (bicyclic) bond motifs is 1. The van der Waals surface area contributed by atoms with Crippen LogP contribution in [0.4, 0.5) is 5.69 Å². The van der Waals surface area contributed by atoms with Crippen LogP contribution >= 0.6 is 11.6 Å². The fourth-order valence-electron chi connectivity index (χ4n) is 2.32. The van der Waals surface area contributed by atoms with E-state index in [1.165, 1.54) is 0 Å². The van der Waals surface area contributed by atoms with E-state index in [-0.39, 0.29) is 18.2 Å². The first-order valence-electron chi connectivity index (χ1n) is 7.13. The van der Waals surface area contributed by atoms with E-state index in [1.54, 1.807) is 29.3 Å². The molecule has 2 heterocycles. The maximum Gasteiger partial charge on any atom is 0.249 e. The molecule has 0 aromatic heterocycles. The number of guanidine groups is 1. The normalized spacial score (nSPS) is 19.5. The van der Waals surface area contributed by atoms with Gasteiger partial charge < -0.3 is 5.32 Å². The number of hydrazine groups is 1. The molecule has 8 heteroatoms. The number of allylic oxidation sites excluding steroid dienone is 1. The summed E-state index contributed by atoms with van der Waals surface area (Å²) >= 11 is 6.06. The maximum atomic E-state index is 12.6. The van der Waals surface area contributed by atoms with Crippen molar-refractivity contribution < 1.29 is 9.59 Å². The minimum Gasteiger partial charge on any atom is -0.323 e. The molecule has 0 saturated carbocycles. The van der Waals surface area contributed by atoms with Crippen molar-refractivity contribution in [1.82, 2.24) is 15.8 Å². The average Bonchev–Trinajstić information content (AvgIpc) is 2.92. The molecule has 0 radical (unpaired) electrons. The lowest BCUT2D eigenvalue weighted by Crippen LogP contribution is -2.61. The summed E-state index contributed by atoms with van der Waals surface area (Å²) in [6.07, 6.45) is 0.0261. The van der Waals surface area contributed by atoms with Crippen LogP contribution in [0.3, 0.4) is 0 Å². The van der Waals surface area contributed by atoms with Crippen molar-refractivity contribution in [2.75, 3.05) is 5.32 Å². The fourth-order valence-corrected chi connectivity index (χ4v) is 2.50. The lowest BCUT2D eigenvalue weighted by Gasteiger charge is -2.32. The number of hydrogen-bond donors (Lipinski definition) is 3. The van der Waals surface area contributed by atoms with Crippen molar-refractivity contribution in [2.45, 2.75) is 26.3 Å². The Hall–Kier alpha value is -2.54. The predicted molar refractivity (Wildman–Crippen MR) is 87.4 cm³/mol. The smallest absolute Gasteiger partial charge is 0.249 e. The molecule has 0 unspecified atom stereocenters. The highest BCUT2D eigenvalue weighted by atomic mass is 35.5. The molecule has 1 saturated heterocycles. The van der Waals surface area contributed by atoms with Crippen LogP contribution in [0.1, 0.15) is 20.3 Å². The number of nitrogens with zero attached hydrogens (tertiary/aromatic N) is 2. The summed E-state index contributed by atoms with van der Waals surface area (Å²) < 4.78 is 0. The van der Waals surface area contributed by atoms with Gasteiger partial charge in [0.2, 0.25) is 17.8 Å². The van der Waals surface area contributed by atoms with Crippen LogP contribution in [0, 0.1) is 0 Å². The second-order valence-electron chi connectivity index (χ2n) is 5.50. The Morgan fingerprint density at radius 2 is 2.13 bits per heavy atom. The van der Waals surface area contributed by atoms with Crippen molar-refractivity contribution in [2.24, 2.45) is 4.99 Å². The summed E-state index contributed by atoms with van der Waals surface area (Å²) in [6.45, 7) is 3.79. The second kappa shape index (κ2) is 5.92. The molecule has 0 bridgehead atoms. The Kier molecular flexibility index (Phi) is 3.96. The highest BCUT2D eigenvalue weighted by molar-refractivity contribution is 6.33. The molecule has 1 atom stereocenters. The number of carbonyl (C=O) groups is 2. The van der Waals surface area contributed by atoms with Gasteiger partial charge in [0, 0.05) is 0 Å². The van der Waals surface area contributed by atoms with Crippen molar-refractivity contribution in [3.63, 3.8) is 0 Å². The van der Waals surface area contributed by atoms with E-state index >= 15 is 0 Å². The van der Waals surface area contributed by atoms with Crippen LogP contribution in [0.2, 0.25) is 5.02 Å². The minimum absolute atomic E-state index is 0.0261. The highest BCUT2D eigenvalue weighted by Gasteiger charge is 2.39. The SMILES string of the molecule is CC(C)=C1N=C2NC(=O)C[C@H](C(=O)Nc3ccccc3Cl)N2N1. The molecule has 1 fully saturated rings. The molecule has 1 aromatic carbocycles.